The van der Waals surface area contributed by atoms with Crippen LogP contribution in [0.25, 0.3) is 11.2 Å². The number of hydrogen-bond acceptors (Lipinski definition) is 37. The van der Waals surface area contributed by atoms with E-state index in [1.807, 2.05) is 0 Å². The second kappa shape index (κ2) is 53.1. The number of Topliss-reactive ketones (excluding diaryl/α,β-unsaturated/α-hetero) is 3. The van der Waals surface area contributed by atoms with Crippen molar-refractivity contribution in [2.24, 2.45) is 17.8 Å². The molecule has 0 aliphatic rings. The minimum Gasteiger partial charge on any atom is -0.481 e. The number of nitrogens with two attached hydrogens (primary N) is 1. The van der Waals surface area contributed by atoms with Crippen LogP contribution >= 0.6 is 21.6 Å². The number of aliphatic hydroxyl groups is 15. The van der Waals surface area contributed by atoms with Crippen molar-refractivity contribution in [1.29, 1.82) is 0 Å². The third kappa shape index (κ3) is 36.8. The number of carbonyl (C=O) groups excluding carboxylic acids is 10. The number of H-pyrrole nitrogens is 1. The summed E-state index contributed by atoms with van der Waals surface area (Å²) in [6, 6.07) is -2.06. The Morgan fingerprint density at radius 1 is 0.462 bits per heavy atom. The fourth-order valence-corrected chi connectivity index (χ4v) is 13.0. The van der Waals surface area contributed by atoms with E-state index < -0.39 is 339 Å². The number of nitrogen functional groups attached to an aromatic ring is 1. The molecule has 666 valence electrons. The largest absolute Gasteiger partial charge is 0.481 e. The van der Waals surface area contributed by atoms with E-state index >= 15 is 0 Å². The maximum absolute atomic E-state index is 14.8. The Morgan fingerprint density at radius 3 is 1.24 bits per heavy atom. The molecule has 49 heteroatoms. The van der Waals surface area contributed by atoms with Crippen molar-refractivity contribution in [3.05, 3.63) is 52.1 Å². The molecule has 0 bridgehead atoms. The molecule has 119 heavy (non-hydrogen) atoms. The van der Waals surface area contributed by atoms with Crippen molar-refractivity contribution >= 4 is 127 Å². The standard InChI is InChI=1S/C70H105N13O34S2/c1-2-118-119-30-41(69(116)117)81-66(112)34(7-16-52(98)75-26-46(92)58(105)61(108)49(95)29-86)21-43(89)39(13-18-54(101)102)79-65(111)33(6-15-51(97)74-25-45(91)57(104)60(107)48(94)28-85)20-42(88)38(12-17-53(99)100)78-64(110)32(5-14-50(96)73-24-44(90)56(103)59(106)47(93)27-84)19-37(87)10-11-40(68(114)115)80-63(109)31-3-8-35(9-4-31)72-22-36-23-76-62-55(77-36)67(113)83-70(71)82-62/h3-4,8-9,23,32-34,38-41,44-49,56-61,72,84-86,90-95,103-108H,2,5-7,10-22,24-30H2,1H3,(H,73,96)(H,74,97)(H,75,98)(H,78,110)(H,79,111)(H,80,109)(H,81,112)(H,99,100)(H,101,102)(H,114,115)(H,116,117)(H3,71,76,82,83,113)/t32-,33-,34-,38-,39-,40-,41-,44+,45+,46+,47-,48-,49-,56-,57-,58-,59-,60-,61-/m1/s1. The first-order valence-electron chi connectivity index (χ1n) is 37.1. The number of amides is 7. The normalized spacial score (nSPS) is 16.3. The number of fused-ring (bicyclic) bond motifs is 1. The highest BCUT2D eigenvalue weighted by atomic mass is 33.1. The van der Waals surface area contributed by atoms with Crippen LogP contribution < -0.4 is 53.8 Å². The number of benzene rings is 1. The molecule has 2 heterocycles. The SMILES string of the molecule is CCSSC[C@@H](NC(=O)[C@H](CCC(=O)NC[C@H](O)[C@@H](O)[C@H](O)[C@H](O)CO)CC(=O)[C@@H](CCC(=O)O)NC(=O)[C@H](CCC(=O)NC[C@H](O)[C@@H](O)[C@H](O)[C@H](O)CO)CC(=O)[C@@H](CCC(=O)O)NC(=O)[C@H](CCC(=O)NC[C@H](O)[C@@H](O)[C@H](O)[C@H](O)CO)CC(=O)CC[C@@H](NC(=O)c1ccc(NCc2cnc3nc(N)[nH]c(=O)c3n2)cc1)C(=O)O)C(=O)O. The molecule has 0 saturated heterocycles. The number of hydrogen-bond donors (Lipinski definition) is 29. The molecule has 2 aromatic heterocycles. The summed E-state index contributed by atoms with van der Waals surface area (Å²) >= 11 is 0. The van der Waals surface area contributed by atoms with Gasteiger partial charge in [-0.15, -0.1) is 0 Å². The van der Waals surface area contributed by atoms with Crippen LogP contribution in [0.5, 0.6) is 0 Å². The van der Waals surface area contributed by atoms with Crippen LogP contribution in [0, 0.1) is 17.8 Å². The smallest absolute Gasteiger partial charge is 0.327 e. The van der Waals surface area contributed by atoms with Gasteiger partial charge in [0, 0.05) is 118 Å². The number of rotatable bonds is 61. The highest BCUT2D eigenvalue weighted by molar-refractivity contribution is 8.76. The number of nitrogens with zero attached hydrogens (tertiary/aromatic N) is 3. The molecule has 0 spiro atoms. The molecule has 3 rings (SSSR count). The molecule has 0 saturated carbocycles. The van der Waals surface area contributed by atoms with Crippen LogP contribution in [0.3, 0.4) is 0 Å². The van der Waals surface area contributed by atoms with E-state index in [2.05, 4.69) is 62.5 Å². The van der Waals surface area contributed by atoms with E-state index in [0.717, 1.165) is 10.8 Å². The number of ketones is 3. The zero-order chi connectivity index (χ0) is 89.5. The van der Waals surface area contributed by atoms with Gasteiger partial charge >= 0.3 is 23.9 Å². The van der Waals surface area contributed by atoms with Gasteiger partial charge in [0.1, 0.15) is 72.8 Å². The summed E-state index contributed by atoms with van der Waals surface area (Å²) in [5.41, 5.74) is 5.44. The van der Waals surface area contributed by atoms with Gasteiger partial charge in [-0.25, -0.2) is 19.6 Å². The second-order valence-corrected chi connectivity index (χ2v) is 30.3. The first-order chi connectivity index (χ1) is 56.0. The first-order valence-corrected chi connectivity index (χ1v) is 39.6. The summed E-state index contributed by atoms with van der Waals surface area (Å²) in [4.78, 5) is 217. The minimum atomic E-state index is -2.22. The van der Waals surface area contributed by atoms with Gasteiger partial charge in [-0.05, 0) is 62.8 Å². The molecule has 19 atom stereocenters. The molecular weight excluding hydrogens is 1630 g/mol. The summed E-state index contributed by atoms with van der Waals surface area (Å²) in [5, 5.41) is 208. The average molecular weight is 1740 g/mol. The molecule has 0 aliphatic heterocycles. The van der Waals surface area contributed by atoms with E-state index in [0.29, 0.717) is 17.1 Å². The molecule has 0 aliphatic carbocycles. The number of carbonyl (C=O) groups is 14. The Morgan fingerprint density at radius 2 is 0.849 bits per heavy atom. The molecule has 0 fully saturated rings. The van der Waals surface area contributed by atoms with E-state index in [-0.39, 0.29) is 35.0 Å². The maximum Gasteiger partial charge on any atom is 0.327 e. The van der Waals surface area contributed by atoms with Crippen molar-refractivity contribution in [3.8, 4) is 0 Å². The van der Waals surface area contributed by atoms with Gasteiger partial charge in [-0.3, -0.25) is 67.3 Å². The number of anilines is 2. The number of carboxylic acids is 4. The monoisotopic (exact) mass is 1740 g/mol. The molecule has 0 unspecified atom stereocenters. The lowest BCUT2D eigenvalue weighted by Crippen LogP contribution is -2.50. The first kappa shape index (κ1) is 104. The van der Waals surface area contributed by atoms with E-state index in [1.165, 1.54) is 41.3 Å². The maximum atomic E-state index is 14.8. The Labute approximate surface area is 684 Å². The Balaban J connectivity index is 2.08. The molecule has 7 amide bonds. The second-order valence-electron chi connectivity index (χ2n) is 27.5. The topological polar surface area (TPSA) is 817 Å². The summed E-state index contributed by atoms with van der Waals surface area (Å²) in [5.74, 6) is -23.3. The lowest BCUT2D eigenvalue weighted by Gasteiger charge is -2.26. The summed E-state index contributed by atoms with van der Waals surface area (Å²) in [6.45, 7) is -4.07. The number of nitrogens with one attached hydrogen (secondary N) is 9. The van der Waals surface area contributed by atoms with Gasteiger partial charge in [0.25, 0.3) is 11.5 Å². The van der Waals surface area contributed by atoms with Crippen molar-refractivity contribution in [2.75, 3.05) is 62.0 Å². The molecule has 3 aromatic rings. The highest BCUT2D eigenvalue weighted by Crippen LogP contribution is 2.25. The van der Waals surface area contributed by atoms with Crippen molar-refractivity contribution in [3.63, 3.8) is 0 Å². The van der Waals surface area contributed by atoms with Crippen LogP contribution in [0.2, 0.25) is 0 Å². The van der Waals surface area contributed by atoms with Gasteiger partial charge in [0.2, 0.25) is 41.4 Å². The molecule has 0 radical (unpaired) electrons. The summed E-state index contributed by atoms with van der Waals surface area (Å²) < 4.78 is 0. The molecule has 1 aromatic carbocycles. The van der Waals surface area contributed by atoms with Gasteiger partial charge in [0.05, 0.1) is 68.7 Å². The molecule has 30 N–H and O–H groups in total. The third-order valence-corrected chi connectivity index (χ3v) is 20.8. The number of aliphatic hydroxyl groups excluding tert-OH is 15. The lowest BCUT2D eigenvalue weighted by atomic mass is 9.89. The van der Waals surface area contributed by atoms with Crippen LogP contribution in [-0.4, -0.2) is 348 Å². The Bertz CT molecular complexity index is 3930. The third-order valence-electron chi connectivity index (χ3n) is 18.3. The molecule has 47 nitrogen and oxygen atoms in total. The van der Waals surface area contributed by atoms with Gasteiger partial charge in [-0.2, -0.15) is 4.98 Å². The predicted octanol–water partition coefficient (Wildman–Crippen LogP) is -9.74. The van der Waals surface area contributed by atoms with E-state index in [4.69, 9.17) is 10.8 Å². The zero-order valence-corrected chi connectivity index (χ0v) is 65.8. The van der Waals surface area contributed by atoms with Crippen molar-refractivity contribution in [1.82, 2.24) is 57.2 Å². The van der Waals surface area contributed by atoms with Gasteiger partial charge in [-0.1, -0.05) is 28.5 Å². The van der Waals surface area contributed by atoms with Crippen molar-refractivity contribution < 1.29 is 164 Å². The summed E-state index contributed by atoms with van der Waals surface area (Å²) in [6.07, 6.45) is -36.4. The number of aromatic amines is 1. The van der Waals surface area contributed by atoms with E-state index in [9.17, 15) is 164 Å². The average Bonchev–Trinajstić information content (AvgIpc) is 0.808. The Hall–Kier alpha value is -9.68. The van der Waals surface area contributed by atoms with Gasteiger partial charge in [0.15, 0.2) is 22.7 Å². The van der Waals surface area contributed by atoms with Crippen molar-refractivity contribution in [2.45, 2.75) is 207 Å². The highest BCUT2D eigenvalue weighted by Gasteiger charge is 2.38. The lowest BCUT2D eigenvalue weighted by molar-refractivity contribution is -0.142. The zero-order valence-electron chi connectivity index (χ0n) is 64.2. The van der Waals surface area contributed by atoms with E-state index in [1.54, 1.807) is 6.92 Å². The van der Waals surface area contributed by atoms with Crippen LogP contribution in [0.15, 0.2) is 35.3 Å². The Kier molecular flexibility index (Phi) is 46.2. The quantitative estimate of drug-likeness (QED) is 0.0184. The van der Waals surface area contributed by atoms with Crippen LogP contribution in [0.1, 0.15) is 119 Å². The summed E-state index contributed by atoms with van der Waals surface area (Å²) in [7, 11) is 2.22. The fraction of sp³-hybridized carbons (Fsp3) is 0.629. The van der Waals surface area contributed by atoms with Gasteiger partial charge < -0.3 is 145 Å². The number of carboxylic acid groups (broad SMARTS) is 4. The minimum absolute atomic E-state index is 0.0102. The predicted molar refractivity (Wildman–Crippen MR) is 411 cm³/mol. The number of aliphatic carboxylic acids is 4. The fourth-order valence-electron chi connectivity index (χ4n) is 11.2. The number of aromatic nitrogens is 4. The molecular formula is C70H105N13O34S2. The van der Waals surface area contributed by atoms with Crippen LogP contribution in [0.4, 0.5) is 11.6 Å². The van der Waals surface area contributed by atoms with Crippen LogP contribution in [-0.2, 0) is 68.9 Å².